The summed E-state index contributed by atoms with van der Waals surface area (Å²) < 4.78 is 24.0. The number of benzene rings is 3. The molecular formula is C32H29I2N5O7. The zero-order chi connectivity index (χ0) is 33.2. The van der Waals surface area contributed by atoms with Gasteiger partial charge in [-0.05, 0) is 100 Å². The second kappa shape index (κ2) is 16.3. The van der Waals surface area contributed by atoms with E-state index in [9.17, 15) is 19.6 Å². The third-order valence-electron chi connectivity index (χ3n) is 6.58. The Hall–Kier alpha value is -4.37. The molecule has 0 spiro atoms. The van der Waals surface area contributed by atoms with E-state index in [1.54, 1.807) is 38.1 Å². The number of carbonyl (C=O) groups excluding carboxylic acids is 3. The quantitative estimate of drug-likeness (QED) is 0.0986. The van der Waals surface area contributed by atoms with Crippen molar-refractivity contribution in [3.8, 4) is 23.3 Å². The number of allylic oxidation sites excluding steroid dienone is 1. The maximum absolute atomic E-state index is 12.6. The molecule has 4 rings (SSSR count). The van der Waals surface area contributed by atoms with E-state index in [-0.39, 0.29) is 31.1 Å². The number of rotatable bonds is 12. The SMILES string of the molecule is CCOC(=O)C1=C(C)NC(=O)N[C@@H]1c1ccc(OCC(=O)N/N=C\c2cc(I)c(OCc3ccccc3C#N)c(I)c2)c(OC)c1. The molecule has 14 heteroatoms. The Balaban J connectivity index is 1.36. The largest absolute Gasteiger partial charge is 0.493 e. The zero-order valence-corrected chi connectivity index (χ0v) is 29.3. The van der Waals surface area contributed by atoms with E-state index >= 15 is 0 Å². The summed E-state index contributed by atoms with van der Waals surface area (Å²) in [5.74, 6) is 0.206. The zero-order valence-electron chi connectivity index (χ0n) is 25.0. The molecule has 3 N–H and O–H groups in total. The average molecular weight is 849 g/mol. The molecule has 0 fully saturated rings. The van der Waals surface area contributed by atoms with Gasteiger partial charge in [0, 0.05) is 11.3 Å². The van der Waals surface area contributed by atoms with Gasteiger partial charge in [-0.3, -0.25) is 4.79 Å². The number of nitrogens with one attached hydrogen (secondary N) is 3. The Kier molecular flexibility index (Phi) is 12.2. The predicted molar refractivity (Wildman–Crippen MR) is 185 cm³/mol. The van der Waals surface area contributed by atoms with Gasteiger partial charge >= 0.3 is 12.0 Å². The second-order valence-corrected chi connectivity index (χ2v) is 12.0. The summed E-state index contributed by atoms with van der Waals surface area (Å²) in [6.07, 6.45) is 1.51. The van der Waals surface area contributed by atoms with Crippen molar-refractivity contribution in [2.45, 2.75) is 26.5 Å². The highest BCUT2D eigenvalue weighted by atomic mass is 127. The van der Waals surface area contributed by atoms with E-state index in [1.807, 2.05) is 30.3 Å². The van der Waals surface area contributed by atoms with Crippen LogP contribution < -0.4 is 30.3 Å². The van der Waals surface area contributed by atoms with Gasteiger partial charge in [0.05, 0.1) is 50.3 Å². The van der Waals surface area contributed by atoms with Crippen LogP contribution in [0.2, 0.25) is 0 Å². The summed E-state index contributed by atoms with van der Waals surface area (Å²) in [6, 6.07) is 16.8. The summed E-state index contributed by atoms with van der Waals surface area (Å²) in [6.45, 7) is 3.41. The fourth-order valence-electron chi connectivity index (χ4n) is 4.46. The molecule has 3 amide bonds. The number of hydrazone groups is 1. The molecule has 238 valence electrons. The first kappa shape index (κ1) is 34.5. The summed E-state index contributed by atoms with van der Waals surface area (Å²) in [4.78, 5) is 37.3. The van der Waals surface area contributed by atoms with Crippen LogP contribution in [0.5, 0.6) is 17.2 Å². The summed E-state index contributed by atoms with van der Waals surface area (Å²) in [7, 11) is 1.44. The highest BCUT2D eigenvalue weighted by Gasteiger charge is 2.32. The minimum absolute atomic E-state index is 0.180. The van der Waals surface area contributed by atoms with Crippen molar-refractivity contribution in [3.05, 3.63) is 95.3 Å². The van der Waals surface area contributed by atoms with Gasteiger partial charge in [-0.2, -0.15) is 10.4 Å². The third kappa shape index (κ3) is 8.66. The predicted octanol–water partition coefficient (Wildman–Crippen LogP) is 5.08. The monoisotopic (exact) mass is 849 g/mol. The van der Waals surface area contributed by atoms with Gasteiger partial charge in [0.25, 0.3) is 5.91 Å². The number of nitrogens with zero attached hydrogens (tertiary/aromatic N) is 2. The number of carbonyl (C=O) groups is 3. The molecule has 1 aliphatic heterocycles. The number of hydrogen-bond donors (Lipinski definition) is 3. The number of urea groups is 1. The lowest BCUT2D eigenvalue weighted by Gasteiger charge is -2.28. The maximum atomic E-state index is 12.6. The van der Waals surface area contributed by atoms with Gasteiger partial charge in [0.2, 0.25) is 0 Å². The molecule has 1 aliphatic rings. The van der Waals surface area contributed by atoms with Crippen LogP contribution in [0.15, 0.2) is 71.0 Å². The summed E-state index contributed by atoms with van der Waals surface area (Å²) in [5, 5.41) is 18.7. The van der Waals surface area contributed by atoms with Crippen molar-refractivity contribution < 1.29 is 33.3 Å². The molecule has 0 aliphatic carbocycles. The molecule has 3 aromatic rings. The van der Waals surface area contributed by atoms with Crippen molar-refractivity contribution in [2.24, 2.45) is 5.10 Å². The van der Waals surface area contributed by atoms with Gasteiger partial charge in [-0.25, -0.2) is 15.0 Å². The smallest absolute Gasteiger partial charge is 0.338 e. The molecule has 1 atom stereocenters. The highest BCUT2D eigenvalue weighted by Crippen LogP contribution is 2.35. The van der Waals surface area contributed by atoms with Gasteiger partial charge in [0.15, 0.2) is 18.1 Å². The van der Waals surface area contributed by atoms with Crippen molar-refractivity contribution in [1.29, 1.82) is 5.26 Å². The minimum Gasteiger partial charge on any atom is -0.493 e. The molecule has 0 bridgehead atoms. The van der Waals surface area contributed by atoms with Gasteiger partial charge in [0.1, 0.15) is 12.4 Å². The van der Waals surface area contributed by atoms with Gasteiger partial charge in [-0.15, -0.1) is 0 Å². The number of esters is 1. The number of amides is 3. The van der Waals surface area contributed by atoms with Crippen LogP contribution in [0.3, 0.4) is 0 Å². The Morgan fingerprint density at radius 2 is 1.83 bits per heavy atom. The minimum atomic E-state index is -0.777. The molecule has 12 nitrogen and oxygen atoms in total. The molecule has 0 unspecified atom stereocenters. The molecule has 0 aromatic heterocycles. The van der Waals surface area contributed by atoms with Crippen molar-refractivity contribution in [3.63, 3.8) is 0 Å². The molecule has 0 saturated heterocycles. The fraction of sp³-hybridized carbons (Fsp3) is 0.219. The maximum Gasteiger partial charge on any atom is 0.338 e. The van der Waals surface area contributed by atoms with E-state index in [1.165, 1.54) is 13.3 Å². The first-order valence-electron chi connectivity index (χ1n) is 13.8. The molecule has 46 heavy (non-hydrogen) atoms. The Bertz CT molecular complexity index is 1730. The van der Waals surface area contributed by atoms with E-state index < -0.39 is 23.9 Å². The van der Waals surface area contributed by atoms with Crippen LogP contribution in [0, 0.1) is 18.5 Å². The molecule has 0 radical (unpaired) electrons. The van der Waals surface area contributed by atoms with E-state index in [2.05, 4.69) is 72.4 Å². The van der Waals surface area contributed by atoms with Crippen molar-refractivity contribution in [1.82, 2.24) is 16.1 Å². The van der Waals surface area contributed by atoms with Gasteiger partial charge in [-0.1, -0.05) is 24.3 Å². The Morgan fingerprint density at radius 1 is 1.09 bits per heavy atom. The van der Waals surface area contributed by atoms with Crippen LogP contribution in [0.4, 0.5) is 4.79 Å². The van der Waals surface area contributed by atoms with E-state index in [0.717, 1.165) is 18.3 Å². The number of nitriles is 1. The number of methoxy groups -OCH3 is 1. The molecule has 1 heterocycles. The van der Waals surface area contributed by atoms with Crippen LogP contribution >= 0.6 is 45.2 Å². The lowest BCUT2D eigenvalue weighted by atomic mass is 9.95. The Labute approximate surface area is 292 Å². The highest BCUT2D eigenvalue weighted by molar-refractivity contribution is 14.1. The lowest BCUT2D eigenvalue weighted by Crippen LogP contribution is -2.45. The fourth-order valence-corrected chi connectivity index (χ4v) is 6.59. The second-order valence-electron chi connectivity index (χ2n) is 9.65. The van der Waals surface area contributed by atoms with Crippen LogP contribution in [-0.2, 0) is 20.9 Å². The molecule has 3 aromatic carbocycles. The van der Waals surface area contributed by atoms with Crippen LogP contribution in [0.25, 0.3) is 0 Å². The topological polar surface area (TPSA) is 160 Å². The van der Waals surface area contributed by atoms with Crippen molar-refractivity contribution >= 4 is 69.3 Å². The van der Waals surface area contributed by atoms with Crippen LogP contribution in [-0.4, -0.2) is 44.4 Å². The van der Waals surface area contributed by atoms with Crippen LogP contribution in [0.1, 0.15) is 42.1 Å². The number of halogens is 2. The molecule has 0 saturated carbocycles. The van der Waals surface area contributed by atoms with Gasteiger partial charge < -0.3 is 29.6 Å². The third-order valence-corrected chi connectivity index (χ3v) is 8.18. The number of ether oxygens (including phenoxy) is 4. The molecular weight excluding hydrogens is 820 g/mol. The van der Waals surface area contributed by atoms with E-state index in [4.69, 9.17) is 18.9 Å². The van der Waals surface area contributed by atoms with Crippen molar-refractivity contribution in [2.75, 3.05) is 20.3 Å². The summed E-state index contributed by atoms with van der Waals surface area (Å²) >= 11 is 4.33. The lowest BCUT2D eigenvalue weighted by molar-refractivity contribution is -0.139. The first-order valence-corrected chi connectivity index (χ1v) is 16.0. The number of hydrogen-bond acceptors (Lipinski definition) is 9. The normalized spacial score (nSPS) is 14.2. The summed E-state index contributed by atoms with van der Waals surface area (Å²) in [5.41, 5.74) is 5.76. The van der Waals surface area contributed by atoms with E-state index in [0.29, 0.717) is 28.3 Å². The Morgan fingerprint density at radius 3 is 2.52 bits per heavy atom. The average Bonchev–Trinajstić information content (AvgIpc) is 3.03. The first-order chi connectivity index (χ1) is 22.1. The standard InChI is InChI=1S/C32H29I2N5O7/c1-4-44-31(41)28-18(2)37-32(42)38-29(28)20-9-10-25(26(13-20)43-3)45-17-27(40)39-36-15-19-11-23(33)30(24(34)12-19)46-16-22-8-6-5-7-21(22)14-35/h5-13,15,29H,4,16-17H2,1-3H3,(H,39,40)(H2,37,38,42)/b36-15-/t29-/m1/s1.